The smallest absolute Gasteiger partial charge is 0.261 e. The van der Waals surface area contributed by atoms with Gasteiger partial charge in [-0.3, -0.25) is 4.79 Å². The Bertz CT molecular complexity index is 437. The number of hydrogen-bond donors (Lipinski definition) is 0. The highest BCUT2D eigenvalue weighted by Gasteiger charge is 2.40. The number of allylic oxidation sites excluding steroid dienone is 2. The van der Waals surface area contributed by atoms with Gasteiger partial charge in [0.05, 0.1) is 6.42 Å². The first-order chi connectivity index (χ1) is 8.59. The quantitative estimate of drug-likeness (QED) is 0.576. The van der Waals surface area contributed by atoms with Gasteiger partial charge in [-0.05, 0) is 19.3 Å². The summed E-state index contributed by atoms with van der Waals surface area (Å²) in [5, 5.41) is 0. The lowest BCUT2D eigenvalue weighted by molar-refractivity contribution is -0.0448. The molecule has 0 saturated heterocycles. The van der Waals surface area contributed by atoms with Gasteiger partial charge >= 0.3 is 0 Å². The first-order valence-corrected chi connectivity index (χ1v) is 6.22. The minimum atomic E-state index is -2.94. The highest BCUT2D eigenvalue weighted by molar-refractivity contribution is 5.96. The van der Waals surface area contributed by atoms with Gasteiger partial charge in [0.2, 0.25) is 0 Å². The van der Waals surface area contributed by atoms with Crippen molar-refractivity contribution in [3.05, 3.63) is 48.0 Å². The number of ketones is 1. The Labute approximate surface area is 106 Å². The molecule has 0 N–H and O–H groups in total. The van der Waals surface area contributed by atoms with Gasteiger partial charge in [0.15, 0.2) is 5.78 Å². The van der Waals surface area contributed by atoms with Crippen LogP contribution in [0.3, 0.4) is 0 Å². The van der Waals surface area contributed by atoms with Crippen LogP contribution in [0, 0.1) is 5.92 Å². The molecule has 1 nitrogen and oxygen atoms in total. The largest absolute Gasteiger partial charge is 0.294 e. The lowest BCUT2D eigenvalue weighted by Crippen LogP contribution is -2.31. The van der Waals surface area contributed by atoms with Crippen molar-refractivity contribution in [2.45, 2.75) is 31.6 Å². The molecule has 0 aliphatic heterocycles. The van der Waals surface area contributed by atoms with Crippen molar-refractivity contribution in [3.63, 3.8) is 0 Å². The van der Waals surface area contributed by atoms with E-state index in [4.69, 9.17) is 0 Å². The average Bonchev–Trinajstić information content (AvgIpc) is 2.40. The molecule has 0 aromatic heterocycles. The molecule has 1 atom stereocenters. The molecule has 96 valence electrons. The molecule has 0 saturated carbocycles. The van der Waals surface area contributed by atoms with E-state index >= 15 is 0 Å². The van der Waals surface area contributed by atoms with E-state index in [1.54, 1.807) is 42.5 Å². The molecule has 1 aromatic rings. The summed E-state index contributed by atoms with van der Waals surface area (Å²) in [5.74, 6) is -4.22. The van der Waals surface area contributed by atoms with Crippen LogP contribution in [0.15, 0.2) is 42.5 Å². The molecule has 1 aromatic carbocycles. The van der Waals surface area contributed by atoms with E-state index < -0.39 is 24.0 Å². The van der Waals surface area contributed by atoms with Gasteiger partial charge in [0.25, 0.3) is 5.92 Å². The predicted octanol–water partition coefficient (Wildman–Crippen LogP) is 4.25. The van der Waals surface area contributed by atoms with Gasteiger partial charge in [0, 0.05) is 11.5 Å². The summed E-state index contributed by atoms with van der Waals surface area (Å²) in [5.41, 5.74) is 0.358. The van der Waals surface area contributed by atoms with Crippen molar-refractivity contribution in [2.75, 3.05) is 0 Å². The fourth-order valence-corrected chi connectivity index (χ4v) is 2.24. The van der Waals surface area contributed by atoms with E-state index in [1.165, 1.54) is 0 Å². The minimum Gasteiger partial charge on any atom is -0.294 e. The third-order valence-corrected chi connectivity index (χ3v) is 3.29. The minimum absolute atomic E-state index is 0.358. The number of carbonyl (C=O) groups excluding carboxylic acids is 1. The molecule has 1 aliphatic carbocycles. The average molecular weight is 250 g/mol. The topological polar surface area (TPSA) is 17.1 Å². The highest BCUT2D eigenvalue weighted by Crippen LogP contribution is 2.36. The number of Topliss-reactive ketones (excluding diaryl/α,β-unsaturated/α-hetero) is 1. The monoisotopic (exact) mass is 250 g/mol. The number of hydrogen-bond acceptors (Lipinski definition) is 1. The number of carbonyl (C=O) groups is 1. The molecule has 0 bridgehead atoms. The molecule has 0 heterocycles. The second-order valence-corrected chi connectivity index (χ2v) is 4.69. The van der Waals surface area contributed by atoms with E-state index in [1.807, 2.05) is 0 Å². The number of rotatable bonds is 4. The second-order valence-electron chi connectivity index (χ2n) is 4.69. The van der Waals surface area contributed by atoms with Crippen molar-refractivity contribution >= 4 is 5.78 Å². The van der Waals surface area contributed by atoms with E-state index in [-0.39, 0.29) is 0 Å². The first kappa shape index (κ1) is 12.9. The van der Waals surface area contributed by atoms with Crippen molar-refractivity contribution in [3.8, 4) is 0 Å². The molecular formula is C15H16F2O. The molecule has 0 fully saturated rings. The summed E-state index contributed by atoms with van der Waals surface area (Å²) in [6.07, 6.45) is 4.74. The van der Waals surface area contributed by atoms with Crippen molar-refractivity contribution in [1.82, 2.24) is 0 Å². The zero-order chi connectivity index (χ0) is 13.0. The second kappa shape index (κ2) is 5.42. The molecule has 0 spiro atoms. The maximum Gasteiger partial charge on any atom is 0.261 e. The maximum atomic E-state index is 14.0. The Morgan fingerprint density at radius 2 is 2.00 bits per heavy atom. The Morgan fingerprint density at radius 3 is 2.61 bits per heavy atom. The van der Waals surface area contributed by atoms with Crippen LogP contribution in [0.4, 0.5) is 8.78 Å². The lowest BCUT2D eigenvalue weighted by Gasteiger charge is -2.26. The Morgan fingerprint density at radius 1 is 1.28 bits per heavy atom. The summed E-state index contributed by atoms with van der Waals surface area (Å²) >= 11 is 0. The molecule has 1 aliphatic rings. The van der Waals surface area contributed by atoms with Crippen LogP contribution in [0.5, 0.6) is 0 Å². The first-order valence-electron chi connectivity index (χ1n) is 6.22. The standard InChI is InChI=1S/C15H16F2O/c16-15(17,13-9-5-2-6-10-13)11-14(18)12-7-3-1-4-8-12/h1,3-5,7-9,13H,2,6,10-11H2. The van der Waals surface area contributed by atoms with Crippen molar-refractivity contribution < 1.29 is 13.6 Å². The van der Waals surface area contributed by atoms with Gasteiger partial charge in [-0.25, -0.2) is 8.78 Å². The fraction of sp³-hybridized carbons (Fsp3) is 0.400. The highest BCUT2D eigenvalue weighted by atomic mass is 19.3. The maximum absolute atomic E-state index is 14.0. The molecule has 18 heavy (non-hydrogen) atoms. The van der Waals surface area contributed by atoms with Crippen molar-refractivity contribution in [2.24, 2.45) is 5.92 Å². The summed E-state index contributed by atoms with van der Waals surface area (Å²) in [6, 6.07) is 8.29. The number of halogens is 2. The van der Waals surface area contributed by atoms with Gasteiger partial charge in [0.1, 0.15) is 0 Å². The van der Waals surface area contributed by atoms with Crippen molar-refractivity contribution in [1.29, 1.82) is 0 Å². The normalized spacial score (nSPS) is 19.8. The predicted molar refractivity (Wildman–Crippen MR) is 66.8 cm³/mol. The van der Waals surface area contributed by atoms with E-state index in [9.17, 15) is 13.6 Å². The molecule has 0 amide bonds. The molecule has 1 unspecified atom stereocenters. The summed E-state index contributed by atoms with van der Waals surface area (Å²) in [7, 11) is 0. The molecule has 3 heteroatoms. The van der Waals surface area contributed by atoms with Gasteiger partial charge in [-0.15, -0.1) is 0 Å². The summed E-state index contributed by atoms with van der Waals surface area (Å²) < 4.78 is 27.9. The van der Waals surface area contributed by atoms with Crippen LogP contribution in [-0.4, -0.2) is 11.7 Å². The van der Waals surface area contributed by atoms with Gasteiger partial charge in [-0.1, -0.05) is 42.5 Å². The van der Waals surface area contributed by atoms with Gasteiger partial charge in [-0.2, -0.15) is 0 Å². The Kier molecular flexibility index (Phi) is 3.90. The number of alkyl halides is 2. The Hall–Kier alpha value is -1.51. The zero-order valence-electron chi connectivity index (χ0n) is 10.1. The third-order valence-electron chi connectivity index (χ3n) is 3.29. The SMILES string of the molecule is O=C(CC(F)(F)C1C=CCCC1)c1ccccc1. The Balaban J connectivity index is 2.06. The summed E-state index contributed by atoms with van der Waals surface area (Å²) in [4.78, 5) is 11.8. The number of benzene rings is 1. The van der Waals surface area contributed by atoms with E-state index in [0.717, 1.165) is 12.8 Å². The van der Waals surface area contributed by atoms with Crippen LogP contribution in [0.2, 0.25) is 0 Å². The van der Waals surface area contributed by atoms with Crippen LogP contribution in [-0.2, 0) is 0 Å². The van der Waals surface area contributed by atoms with E-state index in [2.05, 4.69) is 0 Å². The fourth-order valence-electron chi connectivity index (χ4n) is 2.24. The summed E-state index contributed by atoms with van der Waals surface area (Å²) in [6.45, 7) is 0. The zero-order valence-corrected chi connectivity index (χ0v) is 10.1. The van der Waals surface area contributed by atoms with Crippen LogP contribution >= 0.6 is 0 Å². The molecule has 0 radical (unpaired) electrons. The van der Waals surface area contributed by atoms with Crippen LogP contribution < -0.4 is 0 Å². The van der Waals surface area contributed by atoms with E-state index in [0.29, 0.717) is 12.0 Å². The lowest BCUT2D eigenvalue weighted by atomic mass is 9.87. The third kappa shape index (κ3) is 3.03. The van der Waals surface area contributed by atoms with Gasteiger partial charge < -0.3 is 0 Å². The molecule has 2 rings (SSSR count). The van der Waals surface area contributed by atoms with Crippen LogP contribution in [0.1, 0.15) is 36.0 Å². The molecular weight excluding hydrogens is 234 g/mol. The van der Waals surface area contributed by atoms with Crippen LogP contribution in [0.25, 0.3) is 0 Å².